The van der Waals surface area contributed by atoms with Crippen LogP contribution >= 0.6 is 0 Å². The van der Waals surface area contributed by atoms with Crippen molar-refractivity contribution in [3.05, 3.63) is 35.9 Å². The normalized spacial score (nSPS) is 16.4. The lowest BCUT2D eigenvalue weighted by Crippen LogP contribution is -2.54. The van der Waals surface area contributed by atoms with Crippen molar-refractivity contribution in [1.82, 2.24) is 4.90 Å². The van der Waals surface area contributed by atoms with Crippen LogP contribution in [0.3, 0.4) is 0 Å². The molecule has 0 radical (unpaired) electrons. The predicted molar refractivity (Wildman–Crippen MR) is 81.7 cm³/mol. The van der Waals surface area contributed by atoms with Crippen molar-refractivity contribution in [3.8, 4) is 0 Å². The Morgan fingerprint density at radius 3 is 2.12 bits per heavy atom. The Balaban J connectivity index is 0.000000257. The van der Waals surface area contributed by atoms with Crippen LogP contribution in [-0.2, 0) is 16.1 Å². The average molecular weight is 363 g/mol. The Morgan fingerprint density at radius 1 is 1.20 bits per heavy atom. The first kappa shape index (κ1) is 20.8. The van der Waals surface area contributed by atoms with Crippen LogP contribution in [0.15, 0.2) is 30.3 Å². The standard InChI is InChI=1S/C9H10O2.C7H10F3NO3/c1-8(10)11-7-9-5-3-2-4-6-9;8-7(9,10)6(14)1-3-11(4-2-6)5(12)13/h2-6H,7H2,1H3;14H,1-4H2,(H,12,13). The summed E-state index contributed by atoms with van der Waals surface area (Å²) in [5.41, 5.74) is -1.71. The fourth-order valence-corrected chi connectivity index (χ4v) is 2.11. The van der Waals surface area contributed by atoms with Crippen LogP contribution < -0.4 is 0 Å². The van der Waals surface area contributed by atoms with E-state index in [4.69, 9.17) is 14.9 Å². The number of carbonyl (C=O) groups excluding carboxylic acids is 1. The molecule has 0 atom stereocenters. The van der Waals surface area contributed by atoms with Crippen LogP contribution in [0.2, 0.25) is 0 Å². The second-order valence-corrected chi connectivity index (χ2v) is 5.56. The van der Waals surface area contributed by atoms with Crippen molar-refractivity contribution in [2.75, 3.05) is 13.1 Å². The number of likely N-dealkylation sites (tertiary alicyclic amines) is 1. The topological polar surface area (TPSA) is 87.1 Å². The first-order chi connectivity index (χ1) is 11.5. The lowest BCUT2D eigenvalue weighted by Gasteiger charge is -2.37. The molecule has 1 heterocycles. The molecule has 140 valence electrons. The van der Waals surface area contributed by atoms with E-state index in [1.165, 1.54) is 6.92 Å². The van der Waals surface area contributed by atoms with Crippen molar-refractivity contribution in [3.63, 3.8) is 0 Å². The van der Waals surface area contributed by atoms with Crippen LogP contribution in [0, 0.1) is 0 Å². The lowest BCUT2D eigenvalue weighted by molar-refractivity contribution is -0.271. The maximum Gasteiger partial charge on any atom is 0.417 e. The van der Waals surface area contributed by atoms with Gasteiger partial charge in [0.25, 0.3) is 0 Å². The molecule has 0 spiro atoms. The van der Waals surface area contributed by atoms with Crippen LogP contribution in [0.4, 0.5) is 18.0 Å². The molecule has 1 saturated heterocycles. The Kier molecular flexibility index (Phi) is 7.22. The minimum Gasteiger partial charge on any atom is -0.465 e. The van der Waals surface area contributed by atoms with Gasteiger partial charge in [-0.2, -0.15) is 13.2 Å². The summed E-state index contributed by atoms with van der Waals surface area (Å²) in [6.07, 6.45) is -7.13. The van der Waals surface area contributed by atoms with Crippen molar-refractivity contribution < 1.29 is 37.7 Å². The first-order valence-corrected chi connectivity index (χ1v) is 7.49. The van der Waals surface area contributed by atoms with E-state index in [1.807, 2.05) is 30.3 Å². The summed E-state index contributed by atoms with van der Waals surface area (Å²) in [4.78, 5) is 21.6. The van der Waals surface area contributed by atoms with Gasteiger partial charge in [0.05, 0.1) is 0 Å². The van der Waals surface area contributed by atoms with Gasteiger partial charge < -0.3 is 19.8 Å². The Morgan fingerprint density at radius 2 is 1.72 bits per heavy atom. The molecule has 1 aliphatic rings. The number of alkyl halides is 3. The molecule has 0 aromatic heterocycles. The number of hydrogen-bond donors (Lipinski definition) is 2. The van der Waals surface area contributed by atoms with Gasteiger partial charge in [-0.1, -0.05) is 30.3 Å². The number of aliphatic hydroxyl groups is 1. The summed E-state index contributed by atoms with van der Waals surface area (Å²) >= 11 is 0. The van der Waals surface area contributed by atoms with E-state index < -0.39 is 30.7 Å². The molecule has 0 bridgehead atoms. The van der Waals surface area contributed by atoms with Crippen LogP contribution in [-0.4, -0.2) is 52.0 Å². The highest BCUT2D eigenvalue weighted by Gasteiger charge is 2.54. The van der Waals surface area contributed by atoms with Crippen molar-refractivity contribution >= 4 is 12.1 Å². The number of benzene rings is 1. The smallest absolute Gasteiger partial charge is 0.417 e. The van der Waals surface area contributed by atoms with E-state index in [0.717, 1.165) is 10.5 Å². The third-order valence-electron chi connectivity index (χ3n) is 3.67. The summed E-state index contributed by atoms with van der Waals surface area (Å²) in [7, 11) is 0. The first-order valence-electron chi connectivity index (χ1n) is 7.49. The molecule has 0 unspecified atom stereocenters. The van der Waals surface area contributed by atoms with Crippen molar-refractivity contribution in [2.45, 2.75) is 38.1 Å². The Hall–Kier alpha value is -2.29. The lowest BCUT2D eigenvalue weighted by atomic mass is 9.91. The molecule has 1 aromatic carbocycles. The van der Waals surface area contributed by atoms with Gasteiger partial charge in [-0.3, -0.25) is 4.79 Å². The quantitative estimate of drug-likeness (QED) is 0.789. The minimum atomic E-state index is -4.68. The zero-order valence-corrected chi connectivity index (χ0v) is 13.6. The molecule has 1 aromatic rings. The molecule has 1 aliphatic heterocycles. The second kappa shape index (κ2) is 8.70. The number of carbonyl (C=O) groups is 2. The van der Waals surface area contributed by atoms with Gasteiger partial charge in [-0.05, 0) is 5.56 Å². The molecular formula is C16H20F3NO5. The molecule has 6 nitrogen and oxygen atoms in total. The number of piperidine rings is 1. The van der Waals surface area contributed by atoms with Gasteiger partial charge >= 0.3 is 18.2 Å². The molecule has 0 saturated carbocycles. The van der Waals surface area contributed by atoms with E-state index in [1.54, 1.807) is 0 Å². The number of ether oxygens (including phenoxy) is 1. The van der Waals surface area contributed by atoms with Gasteiger partial charge in [0.1, 0.15) is 6.61 Å². The van der Waals surface area contributed by atoms with E-state index in [2.05, 4.69) is 0 Å². The van der Waals surface area contributed by atoms with Crippen molar-refractivity contribution in [2.24, 2.45) is 0 Å². The molecule has 1 fully saturated rings. The van der Waals surface area contributed by atoms with E-state index in [-0.39, 0.29) is 19.1 Å². The summed E-state index contributed by atoms with van der Waals surface area (Å²) in [6.45, 7) is 1.20. The maximum absolute atomic E-state index is 12.2. The highest BCUT2D eigenvalue weighted by atomic mass is 19.4. The predicted octanol–water partition coefficient (Wildman–Crippen LogP) is 2.80. The molecule has 2 N–H and O–H groups in total. The Labute approximate surface area is 142 Å². The van der Waals surface area contributed by atoms with Gasteiger partial charge in [0.2, 0.25) is 0 Å². The number of nitrogens with zero attached hydrogens (tertiary/aromatic N) is 1. The van der Waals surface area contributed by atoms with Crippen LogP contribution in [0.25, 0.3) is 0 Å². The zero-order valence-electron chi connectivity index (χ0n) is 13.6. The van der Waals surface area contributed by atoms with Crippen LogP contribution in [0.5, 0.6) is 0 Å². The monoisotopic (exact) mass is 363 g/mol. The number of halogens is 3. The summed E-state index contributed by atoms with van der Waals surface area (Å²) < 4.78 is 41.5. The molecule has 1 amide bonds. The van der Waals surface area contributed by atoms with Gasteiger partial charge in [-0.25, -0.2) is 4.79 Å². The third-order valence-corrected chi connectivity index (χ3v) is 3.67. The molecule has 9 heteroatoms. The second-order valence-electron chi connectivity index (χ2n) is 5.56. The molecule has 2 rings (SSSR count). The SMILES string of the molecule is CC(=O)OCc1ccccc1.O=C(O)N1CCC(O)(C(F)(F)F)CC1. The number of amides is 1. The number of rotatable bonds is 2. The average Bonchev–Trinajstić information content (AvgIpc) is 2.54. The number of hydrogen-bond acceptors (Lipinski definition) is 4. The summed E-state index contributed by atoms with van der Waals surface area (Å²) in [5, 5.41) is 17.6. The highest BCUT2D eigenvalue weighted by molar-refractivity contribution is 5.66. The maximum atomic E-state index is 12.2. The zero-order chi connectivity index (χ0) is 19.1. The van der Waals surface area contributed by atoms with Gasteiger partial charge in [0, 0.05) is 32.9 Å². The third kappa shape index (κ3) is 6.61. The molecule has 0 aliphatic carbocycles. The fourth-order valence-electron chi connectivity index (χ4n) is 2.11. The minimum absolute atomic E-state index is 0.242. The summed E-state index contributed by atoms with van der Waals surface area (Å²) in [5.74, 6) is -0.242. The van der Waals surface area contributed by atoms with E-state index in [0.29, 0.717) is 6.61 Å². The fraction of sp³-hybridized carbons (Fsp3) is 0.500. The number of carboxylic acid groups (broad SMARTS) is 1. The largest absolute Gasteiger partial charge is 0.465 e. The summed E-state index contributed by atoms with van der Waals surface area (Å²) in [6, 6.07) is 9.60. The van der Waals surface area contributed by atoms with Crippen LogP contribution in [0.1, 0.15) is 25.3 Å². The van der Waals surface area contributed by atoms with Crippen molar-refractivity contribution in [1.29, 1.82) is 0 Å². The van der Waals surface area contributed by atoms with E-state index in [9.17, 15) is 22.8 Å². The van der Waals surface area contributed by atoms with Gasteiger partial charge in [0.15, 0.2) is 5.60 Å². The molecular weight excluding hydrogens is 343 g/mol. The van der Waals surface area contributed by atoms with Gasteiger partial charge in [-0.15, -0.1) is 0 Å². The Bertz CT molecular complexity index is 569. The molecule has 25 heavy (non-hydrogen) atoms. The van der Waals surface area contributed by atoms with E-state index >= 15 is 0 Å². The highest BCUT2D eigenvalue weighted by Crippen LogP contribution is 2.38. The number of esters is 1.